The second kappa shape index (κ2) is 11.8. The van der Waals surface area contributed by atoms with E-state index in [0.717, 1.165) is 36.8 Å². The number of carbonyl (C=O) groups excluding carboxylic acids is 3. The van der Waals surface area contributed by atoms with Crippen molar-refractivity contribution in [3.63, 3.8) is 0 Å². The molecule has 0 saturated heterocycles. The van der Waals surface area contributed by atoms with Gasteiger partial charge in [-0.25, -0.2) is 14.4 Å². The molecule has 0 N–H and O–H groups in total. The number of hydrogen-bond donors (Lipinski definition) is 0. The van der Waals surface area contributed by atoms with Gasteiger partial charge in [-0.3, -0.25) is 0 Å². The molecule has 33 heavy (non-hydrogen) atoms. The molecule has 1 atom stereocenters. The van der Waals surface area contributed by atoms with Crippen LogP contribution < -0.4 is 0 Å². The second-order valence-corrected chi connectivity index (χ2v) is 7.80. The lowest BCUT2D eigenvalue weighted by atomic mass is 10.1. The minimum absolute atomic E-state index is 0.257. The van der Waals surface area contributed by atoms with Crippen molar-refractivity contribution in [1.82, 2.24) is 0 Å². The summed E-state index contributed by atoms with van der Waals surface area (Å²) in [7, 11) is 0. The van der Waals surface area contributed by atoms with Crippen molar-refractivity contribution >= 4 is 17.9 Å². The first-order valence-electron chi connectivity index (χ1n) is 11.2. The van der Waals surface area contributed by atoms with E-state index in [-0.39, 0.29) is 5.56 Å². The highest BCUT2D eigenvalue weighted by atomic mass is 16.6. The Balaban J connectivity index is 1.75. The van der Waals surface area contributed by atoms with E-state index in [1.165, 1.54) is 0 Å². The number of benzene rings is 3. The minimum atomic E-state index is -1.36. The summed E-state index contributed by atoms with van der Waals surface area (Å²) < 4.78 is 10.6. The van der Waals surface area contributed by atoms with Crippen LogP contribution in [0.1, 0.15) is 70.2 Å². The van der Waals surface area contributed by atoms with Gasteiger partial charge in [-0.15, -0.1) is 0 Å². The van der Waals surface area contributed by atoms with Crippen molar-refractivity contribution in [1.29, 1.82) is 0 Å². The van der Waals surface area contributed by atoms with E-state index in [2.05, 4.69) is 13.8 Å². The molecule has 0 aromatic heterocycles. The highest BCUT2D eigenvalue weighted by Crippen LogP contribution is 2.22. The second-order valence-electron chi connectivity index (χ2n) is 7.80. The number of ether oxygens (including phenoxy) is 2. The van der Waals surface area contributed by atoms with Gasteiger partial charge >= 0.3 is 17.9 Å². The van der Waals surface area contributed by atoms with Gasteiger partial charge in [0.2, 0.25) is 6.10 Å². The number of carbonyl (C=O) groups is 3. The summed E-state index contributed by atoms with van der Waals surface area (Å²) in [6.45, 7) is 4.16. The van der Waals surface area contributed by atoms with E-state index >= 15 is 0 Å². The average Bonchev–Trinajstić information content (AvgIpc) is 2.84. The molecule has 0 heterocycles. The summed E-state index contributed by atoms with van der Waals surface area (Å²) in [6.07, 6.45) is 2.45. The fraction of sp³-hybridized carbons (Fsp3) is 0.250. The quantitative estimate of drug-likeness (QED) is 0.305. The Morgan fingerprint density at radius 2 is 1.15 bits per heavy atom. The minimum Gasteiger partial charge on any atom is -0.442 e. The molecule has 0 fully saturated rings. The van der Waals surface area contributed by atoms with Gasteiger partial charge in [0.25, 0.3) is 0 Å². The van der Waals surface area contributed by atoms with Gasteiger partial charge in [-0.05, 0) is 48.2 Å². The lowest BCUT2D eigenvalue weighted by Crippen LogP contribution is -2.24. The van der Waals surface area contributed by atoms with Crippen LogP contribution in [0.25, 0.3) is 0 Å². The Labute approximate surface area is 194 Å². The Morgan fingerprint density at radius 3 is 1.64 bits per heavy atom. The SMILES string of the molecule is CCCc1ccc(C(=O)OC(=O)C(OC(=O)c2ccc(CCC)cc2)c2ccccc2)cc1. The highest BCUT2D eigenvalue weighted by Gasteiger charge is 2.29. The summed E-state index contributed by atoms with van der Waals surface area (Å²) in [6, 6.07) is 22.5. The molecular formula is C28H28O5. The van der Waals surface area contributed by atoms with E-state index < -0.39 is 24.0 Å². The topological polar surface area (TPSA) is 69.7 Å². The zero-order chi connectivity index (χ0) is 23.6. The molecule has 170 valence electrons. The van der Waals surface area contributed by atoms with Crippen LogP contribution in [0.4, 0.5) is 0 Å². The average molecular weight is 445 g/mol. The van der Waals surface area contributed by atoms with Gasteiger partial charge < -0.3 is 9.47 Å². The van der Waals surface area contributed by atoms with E-state index in [1.807, 2.05) is 24.3 Å². The predicted octanol–water partition coefficient (Wildman–Crippen LogP) is 5.87. The monoisotopic (exact) mass is 444 g/mol. The maximum Gasteiger partial charge on any atom is 0.360 e. The fourth-order valence-corrected chi connectivity index (χ4v) is 3.45. The van der Waals surface area contributed by atoms with E-state index in [1.54, 1.807) is 54.6 Å². The van der Waals surface area contributed by atoms with Crippen LogP contribution in [0.15, 0.2) is 78.9 Å². The number of esters is 3. The molecule has 0 aliphatic carbocycles. The summed E-state index contributed by atoms with van der Waals surface area (Å²) in [5.41, 5.74) is 3.21. The maximum atomic E-state index is 12.9. The van der Waals surface area contributed by atoms with Crippen molar-refractivity contribution in [2.75, 3.05) is 0 Å². The molecule has 0 spiro atoms. The van der Waals surface area contributed by atoms with Crippen molar-refractivity contribution in [2.24, 2.45) is 0 Å². The fourth-order valence-electron chi connectivity index (χ4n) is 3.45. The summed E-state index contributed by atoms with van der Waals surface area (Å²) in [4.78, 5) is 38.2. The molecule has 0 radical (unpaired) electrons. The molecule has 5 heteroatoms. The standard InChI is InChI=1S/C28H28O5/c1-3-8-20-12-16-23(17-13-20)26(29)32-25(22-10-6-5-7-11-22)28(31)33-27(30)24-18-14-21(9-4-2)15-19-24/h5-7,10-19,25H,3-4,8-9H2,1-2H3. The van der Waals surface area contributed by atoms with Gasteiger partial charge in [0.05, 0.1) is 11.1 Å². The zero-order valence-electron chi connectivity index (χ0n) is 19.0. The smallest absolute Gasteiger partial charge is 0.360 e. The number of aryl methyl sites for hydroxylation is 2. The molecule has 0 amide bonds. The third kappa shape index (κ3) is 6.62. The summed E-state index contributed by atoms with van der Waals surface area (Å²) in [5.74, 6) is -2.40. The molecule has 3 aromatic rings. The highest BCUT2D eigenvalue weighted by molar-refractivity contribution is 5.99. The van der Waals surface area contributed by atoms with Crippen LogP contribution in [-0.2, 0) is 27.1 Å². The Bertz CT molecular complexity index is 1070. The molecule has 0 aliphatic rings. The molecule has 0 aliphatic heterocycles. The van der Waals surface area contributed by atoms with Gasteiger partial charge in [0.15, 0.2) is 0 Å². The number of hydrogen-bond acceptors (Lipinski definition) is 5. The molecule has 3 rings (SSSR count). The van der Waals surface area contributed by atoms with Crippen LogP contribution in [0.3, 0.4) is 0 Å². The van der Waals surface area contributed by atoms with Gasteiger partial charge in [-0.1, -0.05) is 81.3 Å². The molecule has 0 bridgehead atoms. The molecular weight excluding hydrogens is 416 g/mol. The van der Waals surface area contributed by atoms with Crippen LogP contribution >= 0.6 is 0 Å². The third-order valence-corrected chi connectivity index (χ3v) is 5.19. The molecule has 3 aromatic carbocycles. The van der Waals surface area contributed by atoms with Gasteiger partial charge in [-0.2, -0.15) is 0 Å². The first kappa shape index (κ1) is 23.9. The van der Waals surface area contributed by atoms with Crippen molar-refractivity contribution in [2.45, 2.75) is 45.6 Å². The summed E-state index contributed by atoms with van der Waals surface area (Å²) in [5, 5.41) is 0. The normalized spacial score (nSPS) is 11.5. The van der Waals surface area contributed by atoms with Gasteiger partial charge in [0.1, 0.15) is 0 Å². The number of rotatable bonds is 9. The molecule has 5 nitrogen and oxygen atoms in total. The predicted molar refractivity (Wildman–Crippen MR) is 126 cm³/mol. The Kier molecular flexibility index (Phi) is 8.53. The largest absolute Gasteiger partial charge is 0.442 e. The third-order valence-electron chi connectivity index (χ3n) is 5.19. The van der Waals surface area contributed by atoms with Crippen LogP contribution in [0, 0.1) is 0 Å². The lowest BCUT2D eigenvalue weighted by Gasteiger charge is -2.17. The maximum absolute atomic E-state index is 12.9. The van der Waals surface area contributed by atoms with Crippen molar-refractivity contribution < 1.29 is 23.9 Å². The Hall–Kier alpha value is -3.73. The van der Waals surface area contributed by atoms with Crippen LogP contribution in [0.2, 0.25) is 0 Å². The zero-order valence-corrected chi connectivity index (χ0v) is 19.0. The van der Waals surface area contributed by atoms with Crippen LogP contribution in [-0.4, -0.2) is 17.9 Å². The summed E-state index contributed by atoms with van der Waals surface area (Å²) >= 11 is 0. The Morgan fingerprint density at radius 1 is 0.667 bits per heavy atom. The molecule has 1 unspecified atom stereocenters. The first-order chi connectivity index (χ1) is 16.0. The van der Waals surface area contributed by atoms with Gasteiger partial charge in [0, 0.05) is 5.56 Å². The lowest BCUT2D eigenvalue weighted by molar-refractivity contribution is -0.148. The van der Waals surface area contributed by atoms with E-state index in [4.69, 9.17) is 9.47 Å². The molecule has 0 saturated carbocycles. The van der Waals surface area contributed by atoms with E-state index in [0.29, 0.717) is 11.1 Å². The van der Waals surface area contributed by atoms with Crippen LogP contribution in [0.5, 0.6) is 0 Å². The van der Waals surface area contributed by atoms with Crippen molar-refractivity contribution in [3.05, 3.63) is 107 Å². The van der Waals surface area contributed by atoms with E-state index in [9.17, 15) is 14.4 Å². The first-order valence-corrected chi connectivity index (χ1v) is 11.2. The van der Waals surface area contributed by atoms with Crippen molar-refractivity contribution in [3.8, 4) is 0 Å².